The van der Waals surface area contributed by atoms with Crippen LogP contribution < -0.4 is 5.32 Å². The van der Waals surface area contributed by atoms with Gasteiger partial charge in [0.2, 0.25) is 0 Å². The Kier molecular flexibility index (Phi) is 5.24. The molecule has 0 bridgehead atoms. The molecule has 0 saturated heterocycles. The van der Waals surface area contributed by atoms with Crippen molar-refractivity contribution in [2.45, 2.75) is 45.1 Å². The molecular formula is C21H23N5O3. The van der Waals surface area contributed by atoms with Crippen LogP contribution in [0.5, 0.6) is 0 Å². The summed E-state index contributed by atoms with van der Waals surface area (Å²) < 4.78 is 1.61. The van der Waals surface area contributed by atoms with E-state index >= 15 is 0 Å². The molecule has 0 unspecified atom stereocenters. The Morgan fingerprint density at radius 2 is 2.00 bits per heavy atom. The number of aliphatic carboxylic acids is 1. The zero-order valence-corrected chi connectivity index (χ0v) is 16.2. The molecule has 2 N–H and O–H groups in total. The van der Waals surface area contributed by atoms with Gasteiger partial charge in [0.15, 0.2) is 5.69 Å². The van der Waals surface area contributed by atoms with E-state index in [0.717, 1.165) is 35.9 Å². The first kappa shape index (κ1) is 19.0. The Hall–Kier alpha value is -3.29. The minimum atomic E-state index is -0.859. The van der Waals surface area contributed by atoms with Gasteiger partial charge in [0.1, 0.15) is 0 Å². The average molecular weight is 393 g/mol. The van der Waals surface area contributed by atoms with E-state index in [-0.39, 0.29) is 11.6 Å². The number of nitrogens with one attached hydrogen (secondary N) is 1. The Labute approximate surface area is 167 Å². The van der Waals surface area contributed by atoms with Crippen LogP contribution in [0, 0.1) is 12.8 Å². The summed E-state index contributed by atoms with van der Waals surface area (Å²) in [5, 5.41) is 21.6. The Morgan fingerprint density at radius 1 is 1.17 bits per heavy atom. The highest BCUT2D eigenvalue weighted by Crippen LogP contribution is 2.24. The molecule has 1 saturated carbocycles. The lowest BCUT2D eigenvalue weighted by Crippen LogP contribution is -2.43. The second-order valence-corrected chi connectivity index (χ2v) is 7.48. The fourth-order valence-electron chi connectivity index (χ4n) is 3.99. The molecule has 2 atom stereocenters. The minimum absolute atomic E-state index is 0.213. The predicted molar refractivity (Wildman–Crippen MR) is 107 cm³/mol. The van der Waals surface area contributed by atoms with Crippen molar-refractivity contribution >= 4 is 22.8 Å². The minimum Gasteiger partial charge on any atom is -0.481 e. The molecule has 29 heavy (non-hydrogen) atoms. The van der Waals surface area contributed by atoms with Crippen molar-refractivity contribution in [1.29, 1.82) is 0 Å². The van der Waals surface area contributed by atoms with Gasteiger partial charge < -0.3 is 10.4 Å². The number of benzene rings is 1. The maximum atomic E-state index is 12.8. The lowest BCUT2D eigenvalue weighted by Gasteiger charge is -2.22. The molecule has 2 heterocycles. The van der Waals surface area contributed by atoms with Crippen molar-refractivity contribution in [2.24, 2.45) is 5.92 Å². The quantitative estimate of drug-likeness (QED) is 0.660. The average Bonchev–Trinajstić information content (AvgIpc) is 2.94. The number of amides is 1. The summed E-state index contributed by atoms with van der Waals surface area (Å²) in [6.45, 7) is 1.78. The molecule has 8 heteroatoms. The number of aromatic nitrogens is 4. The van der Waals surface area contributed by atoms with Gasteiger partial charge in [-0.15, -0.1) is 5.10 Å². The fourth-order valence-corrected chi connectivity index (χ4v) is 3.99. The number of hydrogen-bond acceptors (Lipinski definition) is 5. The van der Waals surface area contributed by atoms with E-state index < -0.39 is 17.9 Å². The number of carboxylic acids is 1. The van der Waals surface area contributed by atoms with Crippen LogP contribution in [0.25, 0.3) is 16.6 Å². The lowest BCUT2D eigenvalue weighted by molar-refractivity contribution is -0.142. The second kappa shape index (κ2) is 7.98. The molecule has 4 rings (SSSR count). The first-order valence-corrected chi connectivity index (χ1v) is 9.86. The summed E-state index contributed by atoms with van der Waals surface area (Å²) >= 11 is 0. The van der Waals surface area contributed by atoms with Crippen LogP contribution in [0.1, 0.15) is 48.3 Å². The van der Waals surface area contributed by atoms with Crippen LogP contribution in [0.15, 0.2) is 36.5 Å². The van der Waals surface area contributed by atoms with Crippen LogP contribution in [0.2, 0.25) is 0 Å². The van der Waals surface area contributed by atoms with E-state index in [1.54, 1.807) is 17.8 Å². The summed E-state index contributed by atoms with van der Waals surface area (Å²) in [5.74, 6) is -1.80. The number of pyridine rings is 1. The van der Waals surface area contributed by atoms with Gasteiger partial charge in [-0.1, -0.05) is 30.5 Å². The normalized spacial score (nSPS) is 19.6. The summed E-state index contributed by atoms with van der Waals surface area (Å²) in [6.07, 6.45) is 5.75. The Bertz CT molecular complexity index is 1060. The summed E-state index contributed by atoms with van der Waals surface area (Å²) in [4.78, 5) is 28.8. The second-order valence-electron chi connectivity index (χ2n) is 7.48. The van der Waals surface area contributed by atoms with Gasteiger partial charge in [0.25, 0.3) is 5.91 Å². The van der Waals surface area contributed by atoms with E-state index in [1.807, 2.05) is 30.3 Å². The maximum absolute atomic E-state index is 12.8. The van der Waals surface area contributed by atoms with Crippen molar-refractivity contribution in [3.8, 4) is 5.69 Å². The van der Waals surface area contributed by atoms with Crippen molar-refractivity contribution in [2.75, 3.05) is 0 Å². The van der Waals surface area contributed by atoms with Gasteiger partial charge in [0, 0.05) is 17.6 Å². The molecule has 3 aromatic rings. The third-order valence-corrected chi connectivity index (χ3v) is 5.59. The number of rotatable bonds is 4. The molecule has 1 fully saturated rings. The first-order valence-electron chi connectivity index (χ1n) is 9.86. The summed E-state index contributed by atoms with van der Waals surface area (Å²) in [7, 11) is 0. The number of nitrogens with zero attached hydrogens (tertiary/aromatic N) is 4. The zero-order valence-electron chi connectivity index (χ0n) is 16.2. The molecule has 0 aliphatic heterocycles. The number of fused-ring (bicyclic) bond motifs is 1. The van der Waals surface area contributed by atoms with Gasteiger partial charge >= 0.3 is 5.97 Å². The fraction of sp³-hybridized carbons (Fsp3) is 0.381. The molecule has 0 radical (unpaired) electrons. The van der Waals surface area contributed by atoms with Crippen molar-refractivity contribution < 1.29 is 14.7 Å². The molecule has 1 aliphatic rings. The Balaban J connectivity index is 1.58. The van der Waals surface area contributed by atoms with Crippen LogP contribution in [-0.2, 0) is 4.79 Å². The van der Waals surface area contributed by atoms with Crippen molar-refractivity contribution in [3.05, 3.63) is 47.9 Å². The van der Waals surface area contributed by atoms with Crippen LogP contribution in [0.3, 0.4) is 0 Å². The number of carbonyl (C=O) groups is 2. The van der Waals surface area contributed by atoms with Gasteiger partial charge in [-0.2, -0.15) is 0 Å². The number of carboxylic acid groups (broad SMARTS) is 1. The van der Waals surface area contributed by atoms with E-state index in [0.29, 0.717) is 18.5 Å². The highest BCUT2D eigenvalue weighted by molar-refractivity contribution is 5.94. The number of carbonyl (C=O) groups excluding carboxylic acids is 1. The molecule has 1 aromatic carbocycles. The highest BCUT2D eigenvalue weighted by Gasteiger charge is 2.32. The first-order chi connectivity index (χ1) is 14.0. The molecular weight excluding hydrogens is 370 g/mol. The predicted octanol–water partition coefficient (Wildman–Crippen LogP) is 2.89. The standard InChI is InChI=1S/C21H23N5O3/c1-13-19(20(27)23-18-8-4-2-3-7-16(18)21(28)29)24-25-26(13)15-9-10-17-14(12-15)6-5-11-22-17/h5-6,9-12,16,18H,2-4,7-8H2,1H3,(H,23,27)(H,28,29)/t16-,18+/m1/s1. The van der Waals surface area contributed by atoms with Crippen LogP contribution >= 0.6 is 0 Å². The van der Waals surface area contributed by atoms with E-state index in [2.05, 4.69) is 20.6 Å². The van der Waals surface area contributed by atoms with E-state index in [9.17, 15) is 14.7 Å². The largest absolute Gasteiger partial charge is 0.481 e. The lowest BCUT2D eigenvalue weighted by atomic mass is 9.94. The molecule has 2 aromatic heterocycles. The smallest absolute Gasteiger partial charge is 0.308 e. The van der Waals surface area contributed by atoms with Gasteiger partial charge in [-0.3, -0.25) is 14.6 Å². The molecule has 150 valence electrons. The molecule has 0 spiro atoms. The van der Waals surface area contributed by atoms with E-state index in [1.165, 1.54) is 0 Å². The van der Waals surface area contributed by atoms with Crippen molar-refractivity contribution in [1.82, 2.24) is 25.3 Å². The van der Waals surface area contributed by atoms with Crippen LogP contribution in [-0.4, -0.2) is 43.0 Å². The summed E-state index contributed by atoms with van der Waals surface area (Å²) in [6, 6.07) is 9.16. The monoisotopic (exact) mass is 393 g/mol. The van der Waals surface area contributed by atoms with Gasteiger partial charge in [-0.05, 0) is 44.0 Å². The molecule has 8 nitrogen and oxygen atoms in total. The third-order valence-electron chi connectivity index (χ3n) is 5.59. The van der Waals surface area contributed by atoms with E-state index in [4.69, 9.17) is 0 Å². The summed E-state index contributed by atoms with van der Waals surface area (Å²) in [5.41, 5.74) is 2.48. The van der Waals surface area contributed by atoms with Gasteiger partial charge in [0.05, 0.1) is 22.8 Å². The third kappa shape index (κ3) is 3.83. The molecule has 1 aliphatic carbocycles. The maximum Gasteiger partial charge on any atom is 0.308 e. The highest BCUT2D eigenvalue weighted by atomic mass is 16.4. The topological polar surface area (TPSA) is 110 Å². The Morgan fingerprint density at radius 3 is 2.83 bits per heavy atom. The SMILES string of the molecule is Cc1c(C(=O)N[C@H]2CCCCC[C@H]2C(=O)O)nnn1-c1ccc2ncccc2c1. The van der Waals surface area contributed by atoms with Crippen LogP contribution in [0.4, 0.5) is 0 Å². The zero-order chi connectivity index (χ0) is 20.4. The molecule has 1 amide bonds. The van der Waals surface area contributed by atoms with Crippen molar-refractivity contribution in [3.63, 3.8) is 0 Å². The van der Waals surface area contributed by atoms with Gasteiger partial charge in [-0.25, -0.2) is 4.68 Å². The number of hydrogen-bond donors (Lipinski definition) is 2.